The van der Waals surface area contributed by atoms with Gasteiger partial charge in [-0.2, -0.15) is 5.10 Å². The monoisotopic (exact) mass is 279 g/mol. The molecule has 0 aliphatic carbocycles. The maximum atomic E-state index is 6.52. The van der Waals surface area contributed by atoms with Gasteiger partial charge in [-0.05, 0) is 46.2 Å². The van der Waals surface area contributed by atoms with E-state index in [4.69, 9.17) is 5.73 Å². The van der Waals surface area contributed by atoms with Crippen molar-refractivity contribution in [1.29, 1.82) is 0 Å². The van der Waals surface area contributed by atoms with Gasteiger partial charge in [-0.1, -0.05) is 13.3 Å². The number of rotatable bonds is 6. The van der Waals surface area contributed by atoms with Crippen LogP contribution in [-0.2, 0) is 13.0 Å². The highest BCUT2D eigenvalue weighted by atomic mass is 15.3. The van der Waals surface area contributed by atoms with Gasteiger partial charge in [-0.15, -0.1) is 0 Å². The second-order valence-electron chi connectivity index (χ2n) is 6.41. The van der Waals surface area contributed by atoms with E-state index in [9.17, 15) is 0 Å². The van der Waals surface area contributed by atoms with Gasteiger partial charge in [0.1, 0.15) is 12.2 Å². The molecule has 1 aliphatic heterocycles. The van der Waals surface area contributed by atoms with Crippen LogP contribution >= 0.6 is 0 Å². The third-order valence-electron chi connectivity index (χ3n) is 4.61. The molecule has 1 aromatic rings. The first kappa shape index (κ1) is 15.4. The highest BCUT2D eigenvalue weighted by molar-refractivity contribution is 4.99. The van der Waals surface area contributed by atoms with Crippen molar-refractivity contribution in [2.75, 3.05) is 13.1 Å². The summed E-state index contributed by atoms with van der Waals surface area (Å²) in [7, 11) is 0. The molecule has 2 rings (SSSR count). The molecule has 1 atom stereocenters. The van der Waals surface area contributed by atoms with Gasteiger partial charge in [0.2, 0.25) is 0 Å². The highest BCUT2D eigenvalue weighted by Gasteiger charge is 2.34. The minimum atomic E-state index is 0.0173. The number of likely N-dealkylation sites (tertiary alicyclic amines) is 1. The first-order chi connectivity index (χ1) is 9.55. The predicted molar refractivity (Wildman–Crippen MR) is 81.5 cm³/mol. The molecule has 5 nitrogen and oxygen atoms in total. The molecule has 1 fully saturated rings. The fourth-order valence-corrected chi connectivity index (χ4v) is 3.00. The Morgan fingerprint density at radius 3 is 2.65 bits per heavy atom. The van der Waals surface area contributed by atoms with Crippen LogP contribution in [0.5, 0.6) is 0 Å². The second kappa shape index (κ2) is 6.68. The van der Waals surface area contributed by atoms with E-state index in [1.807, 2.05) is 4.68 Å². The number of piperidine rings is 1. The van der Waals surface area contributed by atoms with Crippen molar-refractivity contribution in [2.24, 2.45) is 5.73 Å². The highest BCUT2D eigenvalue weighted by Crippen LogP contribution is 2.24. The van der Waals surface area contributed by atoms with Crippen molar-refractivity contribution in [3.8, 4) is 0 Å². The molecule has 1 aliphatic rings. The molecule has 2 heterocycles. The lowest BCUT2D eigenvalue weighted by molar-refractivity contribution is 0.0722. The molecular weight excluding hydrogens is 250 g/mol. The Labute approximate surface area is 122 Å². The molecular formula is C15H29N5. The van der Waals surface area contributed by atoms with E-state index < -0.39 is 0 Å². The lowest BCUT2D eigenvalue weighted by Gasteiger charge is -2.44. The molecule has 0 bridgehead atoms. The predicted octanol–water partition coefficient (Wildman–Crippen LogP) is 1.82. The van der Waals surface area contributed by atoms with Gasteiger partial charge in [0.25, 0.3) is 0 Å². The van der Waals surface area contributed by atoms with Gasteiger partial charge in [0, 0.05) is 24.5 Å². The van der Waals surface area contributed by atoms with E-state index in [0.717, 1.165) is 25.2 Å². The van der Waals surface area contributed by atoms with E-state index in [1.54, 1.807) is 6.33 Å². The minimum Gasteiger partial charge on any atom is -0.326 e. The summed E-state index contributed by atoms with van der Waals surface area (Å²) in [6.07, 6.45) is 7.45. The maximum Gasteiger partial charge on any atom is 0.138 e. The Balaban J connectivity index is 2.02. The molecule has 1 saturated heterocycles. The van der Waals surface area contributed by atoms with Crippen LogP contribution in [0.3, 0.4) is 0 Å². The zero-order chi connectivity index (χ0) is 14.6. The van der Waals surface area contributed by atoms with Crippen LogP contribution in [0.1, 0.15) is 52.3 Å². The lowest BCUT2D eigenvalue weighted by atomic mass is 9.88. The van der Waals surface area contributed by atoms with Gasteiger partial charge >= 0.3 is 0 Å². The molecule has 0 amide bonds. The average Bonchev–Trinajstić information content (AvgIpc) is 2.87. The van der Waals surface area contributed by atoms with Crippen molar-refractivity contribution in [3.05, 3.63) is 12.2 Å². The number of hydrogen-bond donors (Lipinski definition) is 1. The van der Waals surface area contributed by atoms with Crippen LogP contribution < -0.4 is 5.73 Å². The first-order valence-corrected chi connectivity index (χ1v) is 7.93. The van der Waals surface area contributed by atoms with Crippen molar-refractivity contribution >= 4 is 0 Å². The van der Waals surface area contributed by atoms with Crippen LogP contribution in [0, 0.1) is 0 Å². The largest absolute Gasteiger partial charge is 0.326 e. The lowest BCUT2D eigenvalue weighted by Crippen LogP contribution is -2.58. The minimum absolute atomic E-state index is 0.0173. The number of aromatic nitrogens is 3. The normalized spacial score (nSPS) is 19.2. The molecule has 1 aromatic heterocycles. The summed E-state index contributed by atoms with van der Waals surface area (Å²) >= 11 is 0. The molecule has 0 spiro atoms. The Morgan fingerprint density at radius 1 is 1.30 bits per heavy atom. The summed E-state index contributed by atoms with van der Waals surface area (Å²) in [5.74, 6) is 1.02. The molecule has 114 valence electrons. The van der Waals surface area contributed by atoms with Crippen molar-refractivity contribution in [2.45, 2.75) is 71.0 Å². The molecule has 0 radical (unpaired) electrons. The van der Waals surface area contributed by atoms with Crippen LogP contribution in [0.25, 0.3) is 0 Å². The van der Waals surface area contributed by atoms with E-state index in [1.165, 1.54) is 32.4 Å². The number of nitrogens with two attached hydrogens (primary N) is 1. The summed E-state index contributed by atoms with van der Waals surface area (Å²) in [6.45, 7) is 9.95. The third kappa shape index (κ3) is 3.38. The Bertz CT molecular complexity index is 406. The quantitative estimate of drug-likeness (QED) is 0.863. The zero-order valence-electron chi connectivity index (χ0n) is 13.2. The van der Waals surface area contributed by atoms with Crippen molar-refractivity contribution in [3.63, 3.8) is 0 Å². The van der Waals surface area contributed by atoms with Crippen LogP contribution in [-0.4, -0.2) is 44.3 Å². The number of aryl methyl sites for hydroxylation is 1. The second-order valence-corrected chi connectivity index (χ2v) is 6.41. The summed E-state index contributed by atoms with van der Waals surface area (Å²) in [6, 6.07) is 0.0837. The first-order valence-electron chi connectivity index (χ1n) is 7.93. The maximum absolute atomic E-state index is 6.52. The van der Waals surface area contributed by atoms with Crippen LogP contribution in [0.2, 0.25) is 0 Å². The van der Waals surface area contributed by atoms with Gasteiger partial charge in [0.15, 0.2) is 0 Å². The fourth-order valence-electron chi connectivity index (χ4n) is 3.00. The van der Waals surface area contributed by atoms with Crippen molar-refractivity contribution < 1.29 is 0 Å². The standard InChI is InChI=1S/C15H29N5/c1-4-8-20-14(17-12-18-20)11-13(16)15(2,3)19-9-6-5-7-10-19/h12-13H,4-11,16H2,1-3H3. The zero-order valence-corrected chi connectivity index (χ0v) is 13.2. The van der Waals surface area contributed by atoms with Gasteiger partial charge in [-0.25, -0.2) is 4.98 Å². The SMILES string of the molecule is CCCn1ncnc1CC(N)C(C)(C)N1CCCCC1. The molecule has 1 unspecified atom stereocenters. The molecule has 2 N–H and O–H groups in total. The summed E-state index contributed by atoms with van der Waals surface area (Å²) in [5, 5.41) is 4.29. The number of hydrogen-bond acceptors (Lipinski definition) is 4. The Morgan fingerprint density at radius 2 is 2.00 bits per heavy atom. The fraction of sp³-hybridized carbons (Fsp3) is 0.867. The van der Waals surface area contributed by atoms with Crippen LogP contribution in [0.15, 0.2) is 6.33 Å². The molecule has 5 heteroatoms. The van der Waals surface area contributed by atoms with E-state index in [2.05, 4.69) is 35.8 Å². The smallest absolute Gasteiger partial charge is 0.138 e. The van der Waals surface area contributed by atoms with E-state index in [0.29, 0.717) is 0 Å². The van der Waals surface area contributed by atoms with Gasteiger partial charge in [-0.3, -0.25) is 9.58 Å². The van der Waals surface area contributed by atoms with E-state index in [-0.39, 0.29) is 11.6 Å². The third-order valence-corrected chi connectivity index (χ3v) is 4.61. The summed E-state index contributed by atoms with van der Waals surface area (Å²) in [5.41, 5.74) is 6.53. The Hall–Kier alpha value is -0.940. The van der Waals surface area contributed by atoms with Gasteiger partial charge < -0.3 is 5.73 Å². The summed E-state index contributed by atoms with van der Waals surface area (Å²) in [4.78, 5) is 6.93. The average molecular weight is 279 g/mol. The summed E-state index contributed by atoms with van der Waals surface area (Å²) < 4.78 is 1.99. The molecule has 0 aromatic carbocycles. The van der Waals surface area contributed by atoms with E-state index >= 15 is 0 Å². The van der Waals surface area contributed by atoms with Crippen LogP contribution in [0.4, 0.5) is 0 Å². The molecule has 20 heavy (non-hydrogen) atoms. The number of nitrogens with zero attached hydrogens (tertiary/aromatic N) is 4. The Kier molecular flexibility index (Phi) is 5.16. The molecule has 0 saturated carbocycles. The van der Waals surface area contributed by atoms with Gasteiger partial charge in [0.05, 0.1) is 0 Å². The van der Waals surface area contributed by atoms with Crippen molar-refractivity contribution in [1.82, 2.24) is 19.7 Å². The topological polar surface area (TPSA) is 60.0 Å².